The molecule has 0 N–H and O–H groups in total. The van der Waals surface area contributed by atoms with Crippen LogP contribution in [0.5, 0.6) is 0 Å². The minimum atomic E-state index is -0.288. The smallest absolute Gasteiger partial charge is 0.258 e. The van der Waals surface area contributed by atoms with Crippen LogP contribution in [0.2, 0.25) is 0 Å². The van der Waals surface area contributed by atoms with Crippen molar-refractivity contribution in [3.63, 3.8) is 0 Å². The number of benzene rings is 3. The van der Waals surface area contributed by atoms with Crippen LogP contribution in [-0.2, 0) is 6.54 Å². The van der Waals surface area contributed by atoms with Gasteiger partial charge in [-0.3, -0.25) is 4.79 Å². The minimum Gasteiger partial charge on any atom is -0.303 e. The summed E-state index contributed by atoms with van der Waals surface area (Å²) in [6, 6.07) is 21.7. The maximum Gasteiger partial charge on any atom is 0.258 e. The van der Waals surface area contributed by atoms with Crippen molar-refractivity contribution in [3.8, 4) is 11.1 Å². The van der Waals surface area contributed by atoms with Crippen LogP contribution in [0.15, 0.2) is 72.8 Å². The van der Waals surface area contributed by atoms with Gasteiger partial charge in [-0.25, -0.2) is 4.39 Å². The van der Waals surface area contributed by atoms with E-state index in [1.54, 1.807) is 23.1 Å². The molecule has 0 saturated carbocycles. The molecule has 0 saturated heterocycles. The molecule has 0 radical (unpaired) electrons. The molecule has 1 amide bonds. The molecule has 3 aromatic carbocycles. The van der Waals surface area contributed by atoms with E-state index in [1.807, 2.05) is 48.5 Å². The Kier molecular flexibility index (Phi) is 3.19. The number of rotatable bonds is 2. The van der Waals surface area contributed by atoms with E-state index in [1.165, 1.54) is 6.07 Å². The zero-order chi connectivity index (χ0) is 15.8. The average molecular weight is 303 g/mol. The van der Waals surface area contributed by atoms with E-state index in [-0.39, 0.29) is 11.7 Å². The number of carbonyl (C=O) groups excluding carboxylic acids is 1. The van der Waals surface area contributed by atoms with Gasteiger partial charge in [-0.05, 0) is 23.8 Å². The number of carbonyl (C=O) groups is 1. The first-order valence-electron chi connectivity index (χ1n) is 7.49. The second-order valence-electron chi connectivity index (χ2n) is 5.55. The third-order valence-electron chi connectivity index (χ3n) is 4.18. The number of nitrogens with zero attached hydrogens (tertiary/aromatic N) is 1. The molecule has 0 unspecified atom stereocenters. The molecule has 1 aliphatic rings. The van der Waals surface area contributed by atoms with E-state index < -0.39 is 0 Å². The Bertz CT molecular complexity index is 903. The Morgan fingerprint density at radius 1 is 0.739 bits per heavy atom. The van der Waals surface area contributed by atoms with Gasteiger partial charge in [-0.1, -0.05) is 54.6 Å². The molecule has 0 spiro atoms. The lowest BCUT2D eigenvalue weighted by molar-refractivity contribution is 0.0996. The molecule has 4 rings (SSSR count). The van der Waals surface area contributed by atoms with E-state index in [9.17, 15) is 9.18 Å². The van der Waals surface area contributed by atoms with Gasteiger partial charge in [0.15, 0.2) is 0 Å². The second kappa shape index (κ2) is 5.36. The van der Waals surface area contributed by atoms with E-state index >= 15 is 0 Å². The van der Waals surface area contributed by atoms with Crippen LogP contribution in [0.1, 0.15) is 15.9 Å². The molecule has 1 heterocycles. The summed E-state index contributed by atoms with van der Waals surface area (Å²) < 4.78 is 14.2. The van der Waals surface area contributed by atoms with E-state index in [2.05, 4.69) is 0 Å². The lowest BCUT2D eigenvalue weighted by Crippen LogP contribution is -2.23. The summed E-state index contributed by atoms with van der Waals surface area (Å²) in [6.07, 6.45) is 0. The summed E-state index contributed by atoms with van der Waals surface area (Å²) >= 11 is 0. The average Bonchev–Trinajstić information content (AvgIpc) is 2.93. The van der Waals surface area contributed by atoms with Crippen LogP contribution in [0.3, 0.4) is 0 Å². The predicted molar refractivity (Wildman–Crippen MR) is 88.8 cm³/mol. The molecule has 3 aromatic rings. The van der Waals surface area contributed by atoms with Crippen molar-refractivity contribution in [1.82, 2.24) is 0 Å². The molecule has 112 valence electrons. The molecule has 0 aliphatic carbocycles. The van der Waals surface area contributed by atoms with Crippen molar-refractivity contribution in [1.29, 1.82) is 0 Å². The number of amides is 1. The van der Waals surface area contributed by atoms with E-state index in [0.29, 0.717) is 12.1 Å². The SMILES string of the molecule is O=C1c2ccccc2CN1c1ccccc1-c1ccccc1F. The zero-order valence-corrected chi connectivity index (χ0v) is 12.4. The van der Waals surface area contributed by atoms with Crippen molar-refractivity contribution < 1.29 is 9.18 Å². The van der Waals surface area contributed by atoms with Crippen LogP contribution in [-0.4, -0.2) is 5.91 Å². The molecule has 0 fully saturated rings. The summed E-state index contributed by atoms with van der Waals surface area (Å²) in [6.45, 7) is 0.514. The monoisotopic (exact) mass is 303 g/mol. The Hall–Kier alpha value is -2.94. The molecule has 3 heteroatoms. The van der Waals surface area contributed by atoms with E-state index in [4.69, 9.17) is 0 Å². The fraction of sp³-hybridized carbons (Fsp3) is 0.0500. The Labute approximate surface area is 133 Å². The summed E-state index contributed by atoms with van der Waals surface area (Å²) in [5.41, 5.74) is 3.69. The van der Waals surface area contributed by atoms with Crippen LogP contribution < -0.4 is 4.90 Å². The lowest BCUT2D eigenvalue weighted by atomic mass is 10.0. The summed E-state index contributed by atoms with van der Waals surface area (Å²) in [5.74, 6) is -0.325. The Morgan fingerprint density at radius 3 is 2.09 bits per heavy atom. The van der Waals surface area contributed by atoms with Gasteiger partial charge in [-0.15, -0.1) is 0 Å². The van der Waals surface area contributed by atoms with Crippen molar-refractivity contribution in [2.75, 3.05) is 4.90 Å². The maximum atomic E-state index is 14.2. The van der Waals surface area contributed by atoms with Gasteiger partial charge >= 0.3 is 0 Å². The lowest BCUT2D eigenvalue weighted by Gasteiger charge is -2.20. The Morgan fingerprint density at radius 2 is 1.35 bits per heavy atom. The van der Waals surface area contributed by atoms with Gasteiger partial charge < -0.3 is 4.90 Å². The van der Waals surface area contributed by atoms with Gasteiger partial charge in [-0.2, -0.15) is 0 Å². The topological polar surface area (TPSA) is 20.3 Å². The fourth-order valence-corrected chi connectivity index (χ4v) is 3.07. The highest BCUT2D eigenvalue weighted by Crippen LogP contribution is 2.36. The number of hydrogen-bond acceptors (Lipinski definition) is 1. The number of hydrogen-bond donors (Lipinski definition) is 0. The third kappa shape index (κ3) is 2.21. The first-order chi connectivity index (χ1) is 11.3. The van der Waals surface area contributed by atoms with E-state index in [0.717, 1.165) is 22.4 Å². The van der Waals surface area contributed by atoms with Crippen LogP contribution in [0.25, 0.3) is 11.1 Å². The number of para-hydroxylation sites is 1. The minimum absolute atomic E-state index is 0.0376. The van der Waals surface area contributed by atoms with Gasteiger partial charge in [0.25, 0.3) is 5.91 Å². The first-order valence-corrected chi connectivity index (χ1v) is 7.49. The van der Waals surface area contributed by atoms with Crippen molar-refractivity contribution in [2.45, 2.75) is 6.54 Å². The molecule has 2 nitrogen and oxygen atoms in total. The van der Waals surface area contributed by atoms with Gasteiger partial charge in [0.05, 0.1) is 12.2 Å². The number of fused-ring (bicyclic) bond motifs is 1. The van der Waals surface area contributed by atoms with Crippen molar-refractivity contribution >= 4 is 11.6 Å². The molecule has 0 aromatic heterocycles. The molecule has 0 bridgehead atoms. The molecule has 0 atom stereocenters. The van der Waals surface area contributed by atoms with Gasteiger partial charge in [0.1, 0.15) is 5.82 Å². The van der Waals surface area contributed by atoms with Crippen molar-refractivity contribution in [3.05, 3.63) is 89.7 Å². The second-order valence-corrected chi connectivity index (χ2v) is 5.55. The highest BCUT2D eigenvalue weighted by atomic mass is 19.1. The standard InChI is InChI=1S/C20H14FNO/c21-18-11-5-3-9-16(18)17-10-4-6-12-19(17)22-13-14-7-1-2-8-15(14)20(22)23/h1-12H,13H2. The van der Waals surface area contributed by atoms with Gasteiger partial charge in [0.2, 0.25) is 0 Å². The highest BCUT2D eigenvalue weighted by molar-refractivity contribution is 6.11. The third-order valence-corrected chi connectivity index (χ3v) is 4.18. The van der Waals surface area contributed by atoms with Gasteiger partial charge in [0, 0.05) is 16.7 Å². The maximum absolute atomic E-state index is 14.2. The Balaban J connectivity index is 1.84. The fourth-order valence-electron chi connectivity index (χ4n) is 3.07. The van der Waals surface area contributed by atoms with Crippen LogP contribution in [0.4, 0.5) is 10.1 Å². The summed E-state index contributed by atoms with van der Waals surface area (Å²) in [4.78, 5) is 14.4. The summed E-state index contributed by atoms with van der Waals surface area (Å²) in [5, 5.41) is 0. The molecule has 1 aliphatic heterocycles. The largest absolute Gasteiger partial charge is 0.303 e. The molecular weight excluding hydrogens is 289 g/mol. The first kappa shape index (κ1) is 13.7. The molecule has 23 heavy (non-hydrogen) atoms. The molecular formula is C20H14FNO. The van der Waals surface area contributed by atoms with Crippen molar-refractivity contribution in [2.24, 2.45) is 0 Å². The number of anilines is 1. The normalized spacial score (nSPS) is 13.3. The van der Waals surface area contributed by atoms with Crippen LogP contribution in [0, 0.1) is 5.82 Å². The van der Waals surface area contributed by atoms with Crippen LogP contribution >= 0.6 is 0 Å². The summed E-state index contributed by atoms with van der Waals surface area (Å²) in [7, 11) is 0. The highest BCUT2D eigenvalue weighted by Gasteiger charge is 2.29. The number of halogens is 1. The predicted octanol–water partition coefficient (Wildman–Crippen LogP) is 4.65. The quantitative estimate of drug-likeness (QED) is 0.674. The zero-order valence-electron chi connectivity index (χ0n) is 12.4.